The van der Waals surface area contributed by atoms with Crippen LogP contribution in [0.4, 0.5) is 24.7 Å². The van der Waals surface area contributed by atoms with Gasteiger partial charge in [0, 0.05) is 30.9 Å². The average Bonchev–Trinajstić information content (AvgIpc) is 3.21. The third-order valence-electron chi connectivity index (χ3n) is 5.11. The van der Waals surface area contributed by atoms with Crippen LogP contribution in [-0.2, 0) is 17.5 Å². The number of nitrogens with two attached hydrogens (primary N) is 1. The van der Waals surface area contributed by atoms with Crippen LogP contribution in [-0.4, -0.2) is 31.8 Å². The van der Waals surface area contributed by atoms with Crippen LogP contribution in [0.2, 0.25) is 0 Å². The van der Waals surface area contributed by atoms with Gasteiger partial charge in [-0.05, 0) is 37.5 Å². The zero-order chi connectivity index (χ0) is 21.2. The van der Waals surface area contributed by atoms with E-state index in [-0.39, 0.29) is 18.3 Å². The van der Waals surface area contributed by atoms with Gasteiger partial charge in [-0.15, -0.1) is 0 Å². The molecule has 152 valence electrons. The minimum Gasteiger partial charge on any atom is -0.399 e. The molecular formula is C20H22BF3N4O. The number of aromatic nitrogens is 1. The molecule has 2 radical (unpaired) electrons. The van der Waals surface area contributed by atoms with Crippen molar-refractivity contribution in [3.63, 3.8) is 0 Å². The van der Waals surface area contributed by atoms with Crippen molar-refractivity contribution < 1.29 is 18.0 Å². The topological polar surface area (TPSA) is 71.2 Å². The highest BCUT2D eigenvalue weighted by molar-refractivity contribution is 6.35. The predicted molar refractivity (Wildman–Crippen MR) is 107 cm³/mol. The summed E-state index contributed by atoms with van der Waals surface area (Å²) >= 11 is 0. The van der Waals surface area contributed by atoms with Crippen molar-refractivity contribution >= 4 is 30.7 Å². The second-order valence-electron chi connectivity index (χ2n) is 7.20. The van der Waals surface area contributed by atoms with Crippen LogP contribution in [0.15, 0.2) is 30.3 Å². The molecule has 9 heteroatoms. The third-order valence-corrected chi connectivity index (χ3v) is 5.11. The number of nitrogens with one attached hydrogen (secondary N) is 1. The second kappa shape index (κ2) is 8.35. The van der Waals surface area contributed by atoms with E-state index in [1.807, 2.05) is 4.90 Å². The first-order valence-corrected chi connectivity index (χ1v) is 9.41. The van der Waals surface area contributed by atoms with E-state index in [1.54, 1.807) is 25.1 Å². The number of anilines is 2. The van der Waals surface area contributed by atoms with E-state index >= 15 is 0 Å². The van der Waals surface area contributed by atoms with E-state index in [0.29, 0.717) is 35.4 Å². The largest absolute Gasteiger partial charge is 0.433 e. The highest BCUT2D eigenvalue weighted by atomic mass is 19.4. The quantitative estimate of drug-likeness (QED) is 0.596. The minimum atomic E-state index is -4.51. The standard InChI is InChI=1S/C20H22BF3N4O/c1-12(13-4-6-16(25)15(21)10-13)19(29)26-11-14-5-7-17(20(22,23)24)27-18(14)28-8-2-3-9-28/h4-7,10,12H,2-3,8-9,11,25H2,1H3,(H,26,29). The maximum atomic E-state index is 13.1. The van der Waals surface area contributed by atoms with Gasteiger partial charge in [-0.2, -0.15) is 13.2 Å². The number of carbonyl (C=O) groups is 1. The lowest BCUT2D eigenvalue weighted by Gasteiger charge is -2.22. The lowest BCUT2D eigenvalue weighted by molar-refractivity contribution is -0.141. The smallest absolute Gasteiger partial charge is 0.399 e. The van der Waals surface area contributed by atoms with E-state index in [0.717, 1.165) is 18.9 Å². The molecule has 0 bridgehead atoms. The molecule has 0 spiro atoms. The number of amides is 1. The summed E-state index contributed by atoms with van der Waals surface area (Å²) in [6.07, 6.45) is -2.71. The Morgan fingerprint density at radius 1 is 1.28 bits per heavy atom. The Labute approximate surface area is 168 Å². The molecule has 5 nitrogen and oxygen atoms in total. The molecule has 1 saturated heterocycles. The van der Waals surface area contributed by atoms with Crippen molar-refractivity contribution in [2.45, 2.75) is 38.4 Å². The molecule has 1 unspecified atom stereocenters. The molecule has 2 heterocycles. The fourth-order valence-corrected chi connectivity index (χ4v) is 3.33. The minimum absolute atomic E-state index is 0.0879. The summed E-state index contributed by atoms with van der Waals surface area (Å²) in [7, 11) is 5.80. The number of nitrogens with zero attached hydrogens (tertiary/aromatic N) is 2. The molecule has 1 aliphatic heterocycles. The van der Waals surface area contributed by atoms with Gasteiger partial charge in [0.15, 0.2) is 0 Å². The van der Waals surface area contributed by atoms with E-state index in [1.165, 1.54) is 6.07 Å². The Morgan fingerprint density at radius 2 is 1.97 bits per heavy atom. The Hall–Kier alpha value is -2.71. The molecule has 1 aromatic heterocycles. The summed E-state index contributed by atoms with van der Waals surface area (Å²) < 4.78 is 39.3. The number of nitrogen functional groups attached to an aromatic ring is 1. The van der Waals surface area contributed by atoms with E-state index in [9.17, 15) is 18.0 Å². The zero-order valence-electron chi connectivity index (χ0n) is 16.1. The molecule has 1 aromatic carbocycles. The first kappa shape index (κ1) is 21.0. The number of halogens is 3. The van der Waals surface area contributed by atoms with Gasteiger partial charge in [-0.25, -0.2) is 4.98 Å². The van der Waals surface area contributed by atoms with Crippen molar-refractivity contribution in [2.75, 3.05) is 23.7 Å². The molecule has 2 aromatic rings. The van der Waals surface area contributed by atoms with Crippen LogP contribution >= 0.6 is 0 Å². The highest BCUT2D eigenvalue weighted by Gasteiger charge is 2.34. The van der Waals surface area contributed by atoms with Crippen LogP contribution in [0, 0.1) is 0 Å². The van der Waals surface area contributed by atoms with Crippen molar-refractivity contribution in [1.82, 2.24) is 10.3 Å². The van der Waals surface area contributed by atoms with Gasteiger partial charge in [0.25, 0.3) is 0 Å². The van der Waals surface area contributed by atoms with Gasteiger partial charge in [-0.1, -0.05) is 23.7 Å². The molecule has 0 aliphatic carbocycles. The summed E-state index contributed by atoms with van der Waals surface area (Å²) in [5.41, 5.74) is 6.86. The van der Waals surface area contributed by atoms with Gasteiger partial charge in [0.05, 0.1) is 5.92 Å². The molecule has 1 fully saturated rings. The SMILES string of the molecule is [B]c1cc(C(C)C(=O)NCc2ccc(C(F)(F)F)nc2N2CCCC2)ccc1N. The molecule has 1 atom stereocenters. The summed E-state index contributed by atoms with van der Waals surface area (Å²) in [4.78, 5) is 18.3. The Balaban J connectivity index is 1.76. The maximum absolute atomic E-state index is 13.1. The van der Waals surface area contributed by atoms with Crippen molar-refractivity contribution in [1.29, 1.82) is 0 Å². The Kier molecular flexibility index (Phi) is 6.05. The number of benzene rings is 1. The molecule has 1 aliphatic rings. The van der Waals surface area contributed by atoms with Crippen LogP contribution < -0.4 is 21.4 Å². The summed E-state index contributed by atoms with van der Waals surface area (Å²) in [6.45, 7) is 3.12. The van der Waals surface area contributed by atoms with Crippen molar-refractivity contribution in [3.05, 3.63) is 47.2 Å². The van der Waals surface area contributed by atoms with Gasteiger partial charge in [0.1, 0.15) is 19.4 Å². The number of alkyl halides is 3. The van der Waals surface area contributed by atoms with Crippen LogP contribution in [0.5, 0.6) is 0 Å². The van der Waals surface area contributed by atoms with E-state index in [4.69, 9.17) is 13.6 Å². The van der Waals surface area contributed by atoms with Crippen LogP contribution in [0.25, 0.3) is 0 Å². The lowest BCUT2D eigenvalue weighted by Crippen LogP contribution is -2.30. The number of hydrogen-bond donors (Lipinski definition) is 2. The molecule has 3 rings (SSSR count). The number of hydrogen-bond acceptors (Lipinski definition) is 4. The van der Waals surface area contributed by atoms with E-state index in [2.05, 4.69) is 10.3 Å². The van der Waals surface area contributed by atoms with Gasteiger partial charge < -0.3 is 16.0 Å². The van der Waals surface area contributed by atoms with Gasteiger partial charge in [-0.3, -0.25) is 4.79 Å². The number of pyridine rings is 1. The highest BCUT2D eigenvalue weighted by Crippen LogP contribution is 2.31. The Bertz CT molecular complexity index is 898. The Morgan fingerprint density at radius 3 is 2.59 bits per heavy atom. The second-order valence-corrected chi connectivity index (χ2v) is 7.20. The fourth-order valence-electron chi connectivity index (χ4n) is 3.33. The lowest BCUT2D eigenvalue weighted by atomic mass is 9.89. The third kappa shape index (κ3) is 4.83. The van der Waals surface area contributed by atoms with Crippen LogP contribution in [0.1, 0.15) is 42.5 Å². The molecule has 0 saturated carbocycles. The van der Waals surface area contributed by atoms with Crippen LogP contribution in [0.3, 0.4) is 0 Å². The summed E-state index contributed by atoms with van der Waals surface area (Å²) in [5.74, 6) is -0.473. The fraction of sp³-hybridized carbons (Fsp3) is 0.400. The predicted octanol–water partition coefficient (Wildman–Crippen LogP) is 2.50. The van der Waals surface area contributed by atoms with Gasteiger partial charge in [0.2, 0.25) is 5.91 Å². The van der Waals surface area contributed by atoms with Crippen molar-refractivity contribution in [2.24, 2.45) is 0 Å². The molecule has 3 N–H and O–H groups in total. The summed E-state index contributed by atoms with van der Waals surface area (Å²) in [5, 5.41) is 2.79. The van der Waals surface area contributed by atoms with Gasteiger partial charge >= 0.3 is 6.18 Å². The molecular weight excluding hydrogens is 380 g/mol. The monoisotopic (exact) mass is 402 g/mol. The zero-order valence-corrected chi connectivity index (χ0v) is 16.1. The van der Waals surface area contributed by atoms with Crippen molar-refractivity contribution in [3.8, 4) is 0 Å². The molecule has 29 heavy (non-hydrogen) atoms. The average molecular weight is 402 g/mol. The van der Waals surface area contributed by atoms with E-state index < -0.39 is 17.8 Å². The first-order chi connectivity index (χ1) is 13.7. The maximum Gasteiger partial charge on any atom is 0.433 e. The number of carbonyl (C=O) groups excluding carboxylic acids is 1. The molecule has 1 amide bonds. The number of rotatable bonds is 5. The normalized spacial score (nSPS) is 15.4. The first-order valence-electron chi connectivity index (χ1n) is 9.41. The summed E-state index contributed by atoms with van der Waals surface area (Å²) in [6, 6.07) is 7.35.